The Kier molecular flexibility index (Phi) is 5.77. The molecule has 1 N–H and O–H groups in total. The molecule has 0 unspecified atom stereocenters. The zero-order valence-electron chi connectivity index (χ0n) is 15.9. The number of nitrogens with zero attached hydrogens (tertiary/aromatic N) is 2. The number of hydrogen-bond acceptors (Lipinski definition) is 4. The van der Waals surface area contributed by atoms with Gasteiger partial charge >= 0.3 is 0 Å². The molecule has 0 aliphatic carbocycles. The highest BCUT2D eigenvalue weighted by molar-refractivity contribution is 5.76. The summed E-state index contributed by atoms with van der Waals surface area (Å²) >= 11 is 0. The van der Waals surface area contributed by atoms with Crippen molar-refractivity contribution in [1.82, 2.24) is 10.1 Å². The van der Waals surface area contributed by atoms with E-state index in [1.807, 2.05) is 26.0 Å². The van der Waals surface area contributed by atoms with Crippen LogP contribution in [0.15, 0.2) is 28.8 Å². The average Bonchev–Trinajstić information content (AvgIpc) is 2.94. The maximum absolute atomic E-state index is 12.5. The summed E-state index contributed by atoms with van der Waals surface area (Å²) in [6.07, 6.45) is 2.31. The molecule has 0 bridgehead atoms. The van der Waals surface area contributed by atoms with Crippen molar-refractivity contribution in [1.29, 1.82) is 0 Å². The highest BCUT2D eigenvalue weighted by Crippen LogP contribution is 2.24. The van der Waals surface area contributed by atoms with Gasteiger partial charge in [0, 0.05) is 25.1 Å². The number of carbonyl (C=O) groups is 1. The molecule has 0 radical (unpaired) electrons. The molecule has 1 aromatic carbocycles. The van der Waals surface area contributed by atoms with E-state index in [-0.39, 0.29) is 11.8 Å². The van der Waals surface area contributed by atoms with Crippen molar-refractivity contribution in [2.24, 2.45) is 5.92 Å². The molecular weight excluding hydrogens is 328 g/mol. The van der Waals surface area contributed by atoms with Crippen molar-refractivity contribution in [3.05, 3.63) is 52.4 Å². The number of benzene rings is 1. The van der Waals surface area contributed by atoms with Gasteiger partial charge in [-0.1, -0.05) is 29.4 Å². The van der Waals surface area contributed by atoms with Crippen molar-refractivity contribution in [2.45, 2.75) is 52.6 Å². The molecule has 1 fully saturated rings. The van der Waals surface area contributed by atoms with E-state index >= 15 is 0 Å². The van der Waals surface area contributed by atoms with Crippen molar-refractivity contribution < 1.29 is 14.4 Å². The van der Waals surface area contributed by atoms with E-state index in [4.69, 9.17) is 4.52 Å². The summed E-state index contributed by atoms with van der Waals surface area (Å²) in [4.78, 5) is 14.3. The van der Waals surface area contributed by atoms with E-state index < -0.39 is 6.10 Å². The lowest BCUT2D eigenvalue weighted by atomic mass is 9.86. The number of β-amino-alcohol motifs (C(OH)–C–C–N with tert-alkyl or cyclic N) is 1. The summed E-state index contributed by atoms with van der Waals surface area (Å²) in [7, 11) is 0. The molecule has 140 valence electrons. The van der Waals surface area contributed by atoms with E-state index in [9.17, 15) is 9.90 Å². The monoisotopic (exact) mass is 356 g/mol. The normalized spacial score (nSPS) is 20.4. The molecule has 1 saturated heterocycles. The lowest BCUT2D eigenvalue weighted by molar-refractivity contribution is -0.135. The van der Waals surface area contributed by atoms with Gasteiger partial charge in [0.2, 0.25) is 5.91 Å². The molecule has 26 heavy (non-hydrogen) atoms. The van der Waals surface area contributed by atoms with Gasteiger partial charge < -0.3 is 14.5 Å². The quantitative estimate of drug-likeness (QED) is 0.894. The molecule has 2 atom stereocenters. The predicted molar refractivity (Wildman–Crippen MR) is 99.9 cm³/mol. The number of aliphatic hydroxyl groups is 1. The van der Waals surface area contributed by atoms with Gasteiger partial charge in [-0.25, -0.2) is 0 Å². The van der Waals surface area contributed by atoms with E-state index in [0.29, 0.717) is 25.9 Å². The number of likely N-dealkylation sites (tertiary alicyclic amines) is 1. The van der Waals surface area contributed by atoms with Crippen LogP contribution in [0, 0.1) is 26.7 Å². The van der Waals surface area contributed by atoms with Crippen LogP contribution in [0.4, 0.5) is 0 Å². The molecular formula is C21H28N2O3. The topological polar surface area (TPSA) is 66.6 Å². The van der Waals surface area contributed by atoms with Crippen LogP contribution in [-0.4, -0.2) is 40.3 Å². The SMILES string of the molecule is Cc1ccccc1C[C@H]1CCN(C(=O)CCc2c(C)noc2C)C[C@H]1O. The smallest absolute Gasteiger partial charge is 0.222 e. The standard InChI is InChI=1S/C21H28N2O3/c1-14-6-4-5-7-17(14)12-18-10-11-23(13-20(18)24)21(25)9-8-19-15(2)22-26-16(19)3/h4-7,18,20,24H,8-13H2,1-3H3/t18-,20-/m1/s1. The van der Waals surface area contributed by atoms with Crippen LogP contribution in [0.2, 0.25) is 0 Å². The van der Waals surface area contributed by atoms with Gasteiger partial charge in [0.1, 0.15) is 5.76 Å². The van der Waals surface area contributed by atoms with Crippen molar-refractivity contribution in [2.75, 3.05) is 13.1 Å². The van der Waals surface area contributed by atoms with Crippen LogP contribution in [0.1, 0.15) is 41.0 Å². The predicted octanol–water partition coefficient (Wildman–Crippen LogP) is 2.98. The molecule has 1 aliphatic rings. The first-order chi connectivity index (χ1) is 12.5. The average molecular weight is 356 g/mol. The minimum Gasteiger partial charge on any atom is -0.391 e. The lowest BCUT2D eigenvalue weighted by Gasteiger charge is -2.36. The van der Waals surface area contributed by atoms with Crippen LogP contribution in [0.5, 0.6) is 0 Å². The Morgan fingerprint density at radius 3 is 2.73 bits per heavy atom. The maximum Gasteiger partial charge on any atom is 0.222 e. The summed E-state index contributed by atoms with van der Waals surface area (Å²) in [5, 5.41) is 14.5. The summed E-state index contributed by atoms with van der Waals surface area (Å²) < 4.78 is 5.16. The highest BCUT2D eigenvalue weighted by atomic mass is 16.5. The molecule has 3 rings (SSSR count). The van der Waals surface area contributed by atoms with Crippen LogP contribution in [-0.2, 0) is 17.6 Å². The number of rotatable bonds is 5. The molecule has 0 saturated carbocycles. The maximum atomic E-state index is 12.5. The second-order valence-corrected chi connectivity index (χ2v) is 7.39. The Morgan fingerprint density at radius 1 is 1.31 bits per heavy atom. The molecule has 1 aromatic heterocycles. The molecule has 1 amide bonds. The molecule has 5 nitrogen and oxygen atoms in total. The summed E-state index contributed by atoms with van der Waals surface area (Å²) in [5.41, 5.74) is 4.42. The van der Waals surface area contributed by atoms with Crippen molar-refractivity contribution in [3.8, 4) is 0 Å². The number of piperidine rings is 1. The first-order valence-corrected chi connectivity index (χ1v) is 9.37. The number of carbonyl (C=O) groups excluding carboxylic acids is 1. The number of aliphatic hydroxyl groups excluding tert-OH is 1. The number of aryl methyl sites for hydroxylation is 3. The Labute approximate surface area is 155 Å². The Bertz CT molecular complexity index is 749. The molecule has 5 heteroatoms. The first-order valence-electron chi connectivity index (χ1n) is 9.37. The molecule has 2 heterocycles. The van der Waals surface area contributed by atoms with Crippen molar-refractivity contribution >= 4 is 5.91 Å². The fourth-order valence-corrected chi connectivity index (χ4v) is 3.82. The number of amides is 1. The van der Waals surface area contributed by atoms with E-state index in [0.717, 1.165) is 29.9 Å². The van der Waals surface area contributed by atoms with Crippen LogP contribution < -0.4 is 0 Å². The van der Waals surface area contributed by atoms with Gasteiger partial charge in [0.05, 0.1) is 11.8 Å². The molecule has 1 aliphatic heterocycles. The minimum absolute atomic E-state index is 0.0957. The van der Waals surface area contributed by atoms with E-state index in [2.05, 4.69) is 24.2 Å². The second-order valence-electron chi connectivity index (χ2n) is 7.39. The van der Waals surface area contributed by atoms with Crippen LogP contribution >= 0.6 is 0 Å². The van der Waals surface area contributed by atoms with Crippen LogP contribution in [0.3, 0.4) is 0 Å². The highest BCUT2D eigenvalue weighted by Gasteiger charge is 2.30. The van der Waals surface area contributed by atoms with Crippen LogP contribution in [0.25, 0.3) is 0 Å². The van der Waals surface area contributed by atoms with Crippen molar-refractivity contribution in [3.63, 3.8) is 0 Å². The lowest BCUT2D eigenvalue weighted by Crippen LogP contribution is -2.47. The summed E-state index contributed by atoms with van der Waals surface area (Å²) in [6, 6.07) is 8.32. The first kappa shape index (κ1) is 18.6. The zero-order chi connectivity index (χ0) is 18.7. The van der Waals surface area contributed by atoms with E-state index in [1.165, 1.54) is 11.1 Å². The second kappa shape index (κ2) is 8.04. The number of aromatic nitrogens is 1. The minimum atomic E-state index is -0.466. The summed E-state index contributed by atoms with van der Waals surface area (Å²) in [6.45, 7) is 7.03. The van der Waals surface area contributed by atoms with Gasteiger partial charge in [-0.2, -0.15) is 0 Å². The third-order valence-electron chi connectivity index (χ3n) is 5.59. The molecule has 2 aromatic rings. The van der Waals surface area contributed by atoms with E-state index in [1.54, 1.807) is 4.90 Å². The van der Waals surface area contributed by atoms with Gasteiger partial charge in [-0.15, -0.1) is 0 Å². The Balaban J connectivity index is 1.53. The van der Waals surface area contributed by atoms with Gasteiger partial charge in [-0.05, 0) is 57.1 Å². The van der Waals surface area contributed by atoms with Gasteiger partial charge in [0.15, 0.2) is 0 Å². The fraction of sp³-hybridized carbons (Fsp3) is 0.524. The summed E-state index contributed by atoms with van der Waals surface area (Å²) in [5.74, 6) is 1.09. The Hall–Kier alpha value is -2.14. The van der Waals surface area contributed by atoms with Gasteiger partial charge in [-0.3, -0.25) is 4.79 Å². The largest absolute Gasteiger partial charge is 0.391 e. The van der Waals surface area contributed by atoms with Gasteiger partial charge in [0.25, 0.3) is 0 Å². The third-order valence-corrected chi connectivity index (χ3v) is 5.59. The Morgan fingerprint density at radius 2 is 2.08 bits per heavy atom. The number of hydrogen-bond donors (Lipinski definition) is 1. The third kappa shape index (κ3) is 4.15. The molecule has 0 spiro atoms. The fourth-order valence-electron chi connectivity index (χ4n) is 3.82. The zero-order valence-corrected chi connectivity index (χ0v) is 15.9.